The lowest BCUT2D eigenvalue weighted by Gasteiger charge is -2.34. The summed E-state index contributed by atoms with van der Waals surface area (Å²) < 4.78 is 31.7. The Balaban J connectivity index is 0.935. The van der Waals surface area contributed by atoms with E-state index in [4.69, 9.17) is 0 Å². The van der Waals surface area contributed by atoms with Crippen LogP contribution in [0.3, 0.4) is 0 Å². The summed E-state index contributed by atoms with van der Waals surface area (Å²) in [6.07, 6.45) is 2.37. The van der Waals surface area contributed by atoms with Crippen LogP contribution in [0.1, 0.15) is 93.3 Å². The largest absolute Gasteiger partial charge is 0.347 e. The normalized spacial score (nSPS) is 16.1. The van der Waals surface area contributed by atoms with Gasteiger partial charge in [0.15, 0.2) is 0 Å². The number of fused-ring (bicyclic) bond motifs is 3. The predicted molar refractivity (Wildman–Crippen MR) is 237 cm³/mol. The Bertz CT molecular complexity index is 2930. The SMILES string of the molecule is CCCc1cc(N2CCCc3cc(-c4ccc(C(=O)NCc5cccc(-c6cccc7c6CN(C6CCC(=O)NC6=O)C7=O)c5)nc4)c(C(F)F)cc32)c2cc(C)c(=O)n(C)c2c1. The van der Waals surface area contributed by atoms with Gasteiger partial charge in [-0.1, -0.05) is 49.7 Å². The van der Waals surface area contributed by atoms with Crippen molar-refractivity contribution in [1.29, 1.82) is 0 Å². The molecule has 9 rings (SSSR count). The number of benzene rings is 4. The van der Waals surface area contributed by atoms with E-state index in [1.165, 1.54) is 11.1 Å². The Labute approximate surface area is 362 Å². The van der Waals surface area contributed by atoms with Gasteiger partial charge >= 0.3 is 0 Å². The molecule has 1 unspecified atom stereocenters. The van der Waals surface area contributed by atoms with Crippen molar-refractivity contribution in [2.75, 3.05) is 11.4 Å². The number of carbonyl (C=O) groups is 4. The van der Waals surface area contributed by atoms with Crippen molar-refractivity contribution in [2.45, 2.75) is 77.9 Å². The summed E-state index contributed by atoms with van der Waals surface area (Å²) in [6.45, 7) is 4.94. The zero-order valence-electron chi connectivity index (χ0n) is 35.3. The summed E-state index contributed by atoms with van der Waals surface area (Å²) >= 11 is 0. The zero-order valence-corrected chi connectivity index (χ0v) is 35.3. The van der Waals surface area contributed by atoms with Crippen LogP contribution in [-0.4, -0.2) is 50.7 Å². The van der Waals surface area contributed by atoms with Crippen molar-refractivity contribution in [3.8, 4) is 22.3 Å². The summed E-state index contributed by atoms with van der Waals surface area (Å²) in [6, 6.07) is 25.0. The highest BCUT2D eigenvalue weighted by molar-refractivity contribution is 6.06. The number of alkyl halides is 2. The molecular formula is C50H46F2N6O5. The molecule has 0 bridgehead atoms. The first-order chi connectivity index (χ1) is 30.4. The third-order valence-electron chi connectivity index (χ3n) is 12.6. The van der Waals surface area contributed by atoms with Gasteiger partial charge in [0.25, 0.3) is 23.8 Å². The lowest BCUT2D eigenvalue weighted by Crippen LogP contribution is -2.52. The molecule has 1 fully saturated rings. The third-order valence-corrected chi connectivity index (χ3v) is 12.6. The number of aromatic nitrogens is 2. The second-order valence-electron chi connectivity index (χ2n) is 16.7. The molecule has 1 atom stereocenters. The minimum Gasteiger partial charge on any atom is -0.347 e. The molecular weight excluding hydrogens is 803 g/mol. The van der Waals surface area contributed by atoms with Crippen LogP contribution in [0.4, 0.5) is 20.2 Å². The van der Waals surface area contributed by atoms with Crippen LogP contribution in [0.5, 0.6) is 0 Å². The number of pyridine rings is 2. The number of imide groups is 1. The zero-order chi connectivity index (χ0) is 44.1. The van der Waals surface area contributed by atoms with Crippen LogP contribution in [0, 0.1) is 6.92 Å². The molecule has 3 aliphatic rings. The van der Waals surface area contributed by atoms with E-state index in [1.807, 2.05) is 42.5 Å². The van der Waals surface area contributed by atoms with Crippen LogP contribution in [-0.2, 0) is 42.6 Å². The highest BCUT2D eigenvalue weighted by atomic mass is 19.3. The first kappa shape index (κ1) is 41.3. The molecule has 6 aromatic rings. The van der Waals surface area contributed by atoms with Crippen molar-refractivity contribution in [2.24, 2.45) is 7.05 Å². The molecule has 0 aliphatic carbocycles. The smallest absolute Gasteiger partial charge is 0.270 e. The van der Waals surface area contributed by atoms with Crippen molar-refractivity contribution < 1.29 is 28.0 Å². The van der Waals surface area contributed by atoms with Crippen LogP contribution in [0.25, 0.3) is 33.2 Å². The molecule has 0 radical (unpaired) electrons. The molecule has 3 aliphatic heterocycles. The maximum atomic E-state index is 15.0. The van der Waals surface area contributed by atoms with E-state index in [0.717, 1.165) is 69.2 Å². The maximum Gasteiger partial charge on any atom is 0.270 e. The number of rotatable bonds is 10. The number of piperidine rings is 1. The van der Waals surface area contributed by atoms with Gasteiger partial charge in [-0.15, -0.1) is 0 Å². The second-order valence-corrected chi connectivity index (χ2v) is 16.7. The molecule has 11 nitrogen and oxygen atoms in total. The van der Waals surface area contributed by atoms with Crippen molar-refractivity contribution in [3.05, 3.63) is 146 Å². The number of amides is 4. The lowest BCUT2D eigenvalue weighted by molar-refractivity contribution is -0.136. The van der Waals surface area contributed by atoms with Crippen molar-refractivity contribution in [3.63, 3.8) is 0 Å². The average Bonchev–Trinajstić information content (AvgIpc) is 3.62. The third kappa shape index (κ3) is 7.66. The molecule has 0 saturated carbocycles. The topological polar surface area (TPSA) is 134 Å². The molecule has 13 heteroatoms. The summed E-state index contributed by atoms with van der Waals surface area (Å²) in [4.78, 5) is 72.1. The van der Waals surface area contributed by atoms with E-state index in [1.54, 1.807) is 48.9 Å². The van der Waals surface area contributed by atoms with Gasteiger partial charge < -0.3 is 19.7 Å². The average molecular weight is 849 g/mol. The quantitative estimate of drug-likeness (QED) is 0.133. The van der Waals surface area contributed by atoms with Gasteiger partial charge in [-0.25, -0.2) is 8.78 Å². The van der Waals surface area contributed by atoms with Crippen molar-refractivity contribution >= 4 is 45.9 Å². The van der Waals surface area contributed by atoms with E-state index in [0.29, 0.717) is 40.9 Å². The maximum absolute atomic E-state index is 15.0. The number of carbonyl (C=O) groups excluding carboxylic acids is 4. The fraction of sp³-hybridized carbons (Fsp3) is 0.280. The standard InChI is InChI=1S/C50H46F2N6O5/c1-4-8-29-21-43-38(19-28(2)49(62)56(43)3)44(22-29)57-18-7-11-32-23-36(37(46(51)52)24-42(32)57)33-14-15-40(53-26-33)47(60)54-25-30-9-5-10-31(20-30)34-12-6-13-35-39(34)27-58(50(35)63)41-16-17-45(59)55-48(41)61/h5-6,9-10,12-15,19-24,26,41,46H,4,7-8,11,16-18,25,27H2,1-3H3,(H,54,60)(H,55,59,61). The Morgan fingerprint density at radius 1 is 0.889 bits per heavy atom. The van der Waals surface area contributed by atoms with Gasteiger partial charge in [0.05, 0.1) is 11.2 Å². The highest BCUT2D eigenvalue weighted by Crippen LogP contribution is 2.43. The number of halogens is 2. The first-order valence-electron chi connectivity index (χ1n) is 21.4. The number of nitrogens with one attached hydrogen (secondary N) is 2. The summed E-state index contributed by atoms with van der Waals surface area (Å²) in [5, 5.41) is 6.15. The summed E-state index contributed by atoms with van der Waals surface area (Å²) in [7, 11) is 1.77. The van der Waals surface area contributed by atoms with E-state index in [-0.39, 0.29) is 54.6 Å². The monoisotopic (exact) mass is 848 g/mol. The molecule has 5 heterocycles. The van der Waals surface area contributed by atoms with Gasteiger partial charge in [-0.05, 0) is 120 Å². The van der Waals surface area contributed by atoms with Gasteiger partial charge in [0, 0.05) is 72.6 Å². The Morgan fingerprint density at radius 3 is 2.46 bits per heavy atom. The summed E-state index contributed by atoms with van der Waals surface area (Å²) in [5.41, 5.74) is 9.58. The van der Waals surface area contributed by atoms with Crippen LogP contribution < -0.4 is 21.1 Å². The molecule has 2 aromatic heterocycles. The fourth-order valence-corrected chi connectivity index (χ4v) is 9.41. The first-order valence-corrected chi connectivity index (χ1v) is 21.4. The van der Waals surface area contributed by atoms with E-state index in [9.17, 15) is 24.0 Å². The number of nitrogens with zero attached hydrogens (tertiary/aromatic N) is 4. The molecule has 320 valence electrons. The van der Waals surface area contributed by atoms with E-state index >= 15 is 8.78 Å². The van der Waals surface area contributed by atoms with Gasteiger partial charge in [0.2, 0.25) is 11.8 Å². The van der Waals surface area contributed by atoms with Crippen LogP contribution in [0.15, 0.2) is 95.9 Å². The van der Waals surface area contributed by atoms with Gasteiger partial charge in [-0.3, -0.25) is 34.3 Å². The number of anilines is 2. The second kappa shape index (κ2) is 16.7. The minimum atomic E-state index is -2.78. The molecule has 0 spiro atoms. The Morgan fingerprint density at radius 2 is 1.70 bits per heavy atom. The highest BCUT2D eigenvalue weighted by Gasteiger charge is 2.40. The van der Waals surface area contributed by atoms with E-state index in [2.05, 4.69) is 39.6 Å². The molecule has 2 N–H and O–H groups in total. The number of aryl methyl sites for hydroxylation is 4. The van der Waals surface area contributed by atoms with Crippen molar-refractivity contribution in [1.82, 2.24) is 25.1 Å². The summed E-state index contributed by atoms with van der Waals surface area (Å²) in [5.74, 6) is -1.50. The van der Waals surface area contributed by atoms with Gasteiger partial charge in [-0.2, -0.15) is 0 Å². The fourth-order valence-electron chi connectivity index (χ4n) is 9.41. The van der Waals surface area contributed by atoms with Crippen LogP contribution >= 0.6 is 0 Å². The minimum absolute atomic E-state index is 0.0662. The molecule has 63 heavy (non-hydrogen) atoms. The Hall–Kier alpha value is -7.02. The van der Waals surface area contributed by atoms with Crippen LogP contribution in [0.2, 0.25) is 0 Å². The lowest BCUT2D eigenvalue weighted by atomic mass is 9.91. The number of hydrogen-bond acceptors (Lipinski definition) is 7. The predicted octanol–water partition coefficient (Wildman–Crippen LogP) is 8.24. The van der Waals surface area contributed by atoms with E-state index < -0.39 is 24.3 Å². The molecule has 4 aromatic carbocycles. The Kier molecular flexibility index (Phi) is 10.9. The molecule has 1 saturated heterocycles. The molecule has 4 amide bonds. The van der Waals surface area contributed by atoms with Gasteiger partial charge in [0.1, 0.15) is 11.7 Å². The number of hydrogen-bond donors (Lipinski definition) is 2.